The molecule has 2 unspecified atom stereocenters. The SMILES string of the molecule is CCC(O)C1CCCCN1CC(=O)NCCc1c(F)cccc1F. The molecule has 1 amide bonds. The van der Waals surface area contributed by atoms with Crippen LogP contribution in [0.5, 0.6) is 0 Å². The van der Waals surface area contributed by atoms with Crippen LogP contribution < -0.4 is 5.32 Å². The fourth-order valence-electron chi connectivity index (χ4n) is 3.26. The number of benzene rings is 1. The number of aliphatic hydroxyl groups excluding tert-OH is 1. The highest BCUT2D eigenvalue weighted by molar-refractivity contribution is 5.78. The van der Waals surface area contributed by atoms with Crippen LogP contribution in [0.25, 0.3) is 0 Å². The molecule has 0 aromatic heterocycles. The summed E-state index contributed by atoms with van der Waals surface area (Å²) in [6.07, 6.45) is 3.32. The number of hydrogen-bond donors (Lipinski definition) is 2. The Morgan fingerprint density at radius 1 is 1.38 bits per heavy atom. The topological polar surface area (TPSA) is 52.6 Å². The molecule has 2 N–H and O–H groups in total. The number of carbonyl (C=O) groups excluding carboxylic acids is 1. The maximum Gasteiger partial charge on any atom is 0.234 e. The largest absolute Gasteiger partial charge is 0.392 e. The summed E-state index contributed by atoms with van der Waals surface area (Å²) < 4.78 is 27.1. The molecule has 1 saturated heterocycles. The predicted molar refractivity (Wildman–Crippen MR) is 88.6 cm³/mol. The van der Waals surface area contributed by atoms with Crippen LogP contribution in [0.3, 0.4) is 0 Å². The normalized spacial score (nSPS) is 19.9. The molecule has 1 heterocycles. The molecule has 1 aromatic rings. The van der Waals surface area contributed by atoms with Crippen molar-refractivity contribution in [2.24, 2.45) is 0 Å². The third kappa shape index (κ3) is 4.98. The van der Waals surface area contributed by atoms with Gasteiger partial charge in [-0.15, -0.1) is 0 Å². The van der Waals surface area contributed by atoms with Gasteiger partial charge in [0.15, 0.2) is 0 Å². The summed E-state index contributed by atoms with van der Waals surface area (Å²) in [4.78, 5) is 14.1. The molecule has 2 atom stereocenters. The van der Waals surface area contributed by atoms with Crippen molar-refractivity contribution in [2.75, 3.05) is 19.6 Å². The molecule has 4 nitrogen and oxygen atoms in total. The molecule has 0 aliphatic carbocycles. The molecule has 24 heavy (non-hydrogen) atoms. The number of hydrogen-bond acceptors (Lipinski definition) is 3. The van der Waals surface area contributed by atoms with Crippen LogP contribution in [-0.2, 0) is 11.2 Å². The van der Waals surface area contributed by atoms with Gasteiger partial charge in [-0.3, -0.25) is 9.69 Å². The van der Waals surface area contributed by atoms with E-state index in [-0.39, 0.29) is 37.0 Å². The Bertz CT molecular complexity index is 534. The summed E-state index contributed by atoms with van der Waals surface area (Å²) in [7, 11) is 0. The molecular formula is C18H26F2N2O2. The highest BCUT2D eigenvalue weighted by atomic mass is 19.1. The molecular weight excluding hydrogens is 314 g/mol. The third-order valence-corrected chi connectivity index (χ3v) is 4.63. The lowest BCUT2D eigenvalue weighted by molar-refractivity contribution is -0.124. The van der Waals surface area contributed by atoms with Gasteiger partial charge in [0.25, 0.3) is 0 Å². The van der Waals surface area contributed by atoms with Crippen molar-refractivity contribution in [3.05, 3.63) is 35.4 Å². The fourth-order valence-corrected chi connectivity index (χ4v) is 3.26. The Morgan fingerprint density at radius 3 is 2.75 bits per heavy atom. The zero-order chi connectivity index (χ0) is 17.5. The molecule has 0 radical (unpaired) electrons. The van der Waals surface area contributed by atoms with Gasteiger partial charge in [0.1, 0.15) is 11.6 Å². The van der Waals surface area contributed by atoms with Crippen molar-refractivity contribution in [2.45, 2.75) is 51.2 Å². The monoisotopic (exact) mass is 340 g/mol. The number of piperidine rings is 1. The molecule has 1 aromatic carbocycles. The van der Waals surface area contributed by atoms with E-state index in [9.17, 15) is 18.7 Å². The summed E-state index contributed by atoms with van der Waals surface area (Å²) in [5, 5.41) is 12.8. The van der Waals surface area contributed by atoms with Gasteiger partial charge < -0.3 is 10.4 Å². The van der Waals surface area contributed by atoms with E-state index < -0.39 is 17.7 Å². The van der Waals surface area contributed by atoms with Crippen molar-refractivity contribution in [1.82, 2.24) is 10.2 Å². The van der Waals surface area contributed by atoms with Crippen LogP contribution in [0, 0.1) is 11.6 Å². The lowest BCUT2D eigenvalue weighted by Crippen LogP contribution is -2.50. The third-order valence-electron chi connectivity index (χ3n) is 4.63. The van der Waals surface area contributed by atoms with Crippen LogP contribution in [0.4, 0.5) is 8.78 Å². The fraction of sp³-hybridized carbons (Fsp3) is 0.611. The second-order valence-electron chi connectivity index (χ2n) is 6.31. The Morgan fingerprint density at radius 2 is 2.08 bits per heavy atom. The molecule has 2 rings (SSSR count). The smallest absolute Gasteiger partial charge is 0.234 e. The molecule has 0 saturated carbocycles. The van der Waals surface area contributed by atoms with Crippen molar-refractivity contribution < 1.29 is 18.7 Å². The van der Waals surface area contributed by atoms with Gasteiger partial charge in [0.05, 0.1) is 12.6 Å². The summed E-state index contributed by atoms with van der Waals surface area (Å²) >= 11 is 0. The number of aliphatic hydroxyl groups is 1. The van der Waals surface area contributed by atoms with Gasteiger partial charge in [-0.25, -0.2) is 8.78 Å². The summed E-state index contributed by atoms with van der Waals surface area (Å²) in [5.41, 5.74) is -0.00458. The second-order valence-corrected chi connectivity index (χ2v) is 6.31. The zero-order valence-electron chi connectivity index (χ0n) is 14.1. The minimum Gasteiger partial charge on any atom is -0.392 e. The van der Waals surface area contributed by atoms with E-state index in [1.807, 2.05) is 11.8 Å². The lowest BCUT2D eigenvalue weighted by Gasteiger charge is -2.37. The highest BCUT2D eigenvalue weighted by Gasteiger charge is 2.28. The number of nitrogens with one attached hydrogen (secondary N) is 1. The van der Waals surface area contributed by atoms with Gasteiger partial charge in [0.2, 0.25) is 5.91 Å². The van der Waals surface area contributed by atoms with Gasteiger partial charge >= 0.3 is 0 Å². The molecule has 1 aliphatic rings. The van der Waals surface area contributed by atoms with Crippen LogP contribution in [-0.4, -0.2) is 47.7 Å². The molecule has 6 heteroatoms. The molecule has 0 spiro atoms. The first-order valence-corrected chi connectivity index (χ1v) is 8.64. The average Bonchev–Trinajstić information content (AvgIpc) is 2.57. The van der Waals surface area contributed by atoms with Crippen molar-refractivity contribution in [1.29, 1.82) is 0 Å². The number of halogens is 2. The van der Waals surface area contributed by atoms with Gasteiger partial charge in [-0.1, -0.05) is 19.4 Å². The number of likely N-dealkylation sites (tertiary alicyclic amines) is 1. The molecule has 1 fully saturated rings. The van der Waals surface area contributed by atoms with Crippen LogP contribution in [0.1, 0.15) is 38.2 Å². The average molecular weight is 340 g/mol. The lowest BCUT2D eigenvalue weighted by atomic mass is 9.96. The zero-order valence-corrected chi connectivity index (χ0v) is 14.1. The van der Waals surface area contributed by atoms with Gasteiger partial charge in [0, 0.05) is 18.2 Å². The first-order valence-electron chi connectivity index (χ1n) is 8.64. The number of carbonyl (C=O) groups is 1. The van der Waals surface area contributed by atoms with Crippen LogP contribution in [0.2, 0.25) is 0 Å². The predicted octanol–water partition coefficient (Wildman–Crippen LogP) is 2.25. The first kappa shape index (κ1) is 18.8. The maximum atomic E-state index is 13.5. The van der Waals surface area contributed by atoms with Crippen molar-refractivity contribution >= 4 is 5.91 Å². The van der Waals surface area contributed by atoms with Crippen LogP contribution in [0.15, 0.2) is 18.2 Å². The maximum absolute atomic E-state index is 13.5. The van der Waals surface area contributed by atoms with E-state index in [0.717, 1.165) is 25.8 Å². The van der Waals surface area contributed by atoms with Crippen molar-refractivity contribution in [3.63, 3.8) is 0 Å². The highest BCUT2D eigenvalue weighted by Crippen LogP contribution is 2.20. The van der Waals surface area contributed by atoms with E-state index in [1.165, 1.54) is 18.2 Å². The van der Waals surface area contributed by atoms with E-state index in [1.54, 1.807) is 0 Å². The van der Waals surface area contributed by atoms with E-state index in [4.69, 9.17) is 0 Å². The van der Waals surface area contributed by atoms with Crippen LogP contribution >= 0.6 is 0 Å². The van der Waals surface area contributed by atoms with Gasteiger partial charge in [-0.2, -0.15) is 0 Å². The first-order chi connectivity index (χ1) is 11.5. The summed E-state index contributed by atoms with van der Waals surface area (Å²) in [6.45, 7) is 3.12. The Labute approximate surface area is 141 Å². The van der Waals surface area contributed by atoms with Gasteiger partial charge in [-0.05, 0) is 44.4 Å². The standard InChI is InChI=1S/C18H26F2N2O2/c1-2-17(23)16-8-3-4-11-22(16)12-18(24)21-10-9-13-14(19)6-5-7-15(13)20/h5-7,16-17,23H,2-4,8-12H2,1H3,(H,21,24). The molecule has 0 bridgehead atoms. The molecule has 1 aliphatic heterocycles. The van der Waals surface area contributed by atoms with E-state index in [0.29, 0.717) is 6.42 Å². The number of nitrogens with zero attached hydrogens (tertiary/aromatic N) is 1. The minimum absolute atomic E-state index is 0.00458. The Hall–Kier alpha value is -1.53. The van der Waals surface area contributed by atoms with Crippen molar-refractivity contribution in [3.8, 4) is 0 Å². The Kier molecular flexibility index (Phi) is 7.12. The van der Waals surface area contributed by atoms with E-state index in [2.05, 4.69) is 5.32 Å². The Balaban J connectivity index is 1.82. The summed E-state index contributed by atoms with van der Waals surface area (Å²) in [5.74, 6) is -1.36. The molecule has 134 valence electrons. The van der Waals surface area contributed by atoms with E-state index >= 15 is 0 Å². The minimum atomic E-state index is -0.591. The quantitative estimate of drug-likeness (QED) is 0.800. The number of amides is 1. The second kappa shape index (κ2) is 9.08. The summed E-state index contributed by atoms with van der Waals surface area (Å²) in [6, 6.07) is 3.76. The number of rotatable bonds is 7.